The first kappa shape index (κ1) is 19.8. The molecule has 0 aliphatic heterocycles. The quantitative estimate of drug-likeness (QED) is 0.121. The number of nitrogens with zero attached hydrogens (tertiary/aromatic N) is 2. The van der Waals surface area contributed by atoms with Crippen molar-refractivity contribution in [2.24, 2.45) is 5.16 Å². The predicted molar refractivity (Wildman–Crippen MR) is 107 cm³/mol. The van der Waals surface area contributed by atoms with Gasteiger partial charge in [-0.05, 0) is 48.5 Å². The number of rotatable bonds is 10. The number of ether oxygens (including phenoxy) is 2. The fourth-order valence-electron chi connectivity index (χ4n) is 2.39. The molecule has 0 radical (unpaired) electrons. The maximum absolute atomic E-state index is 5.77. The van der Waals surface area contributed by atoms with Crippen molar-refractivity contribution in [3.8, 4) is 23.0 Å². The lowest BCUT2D eigenvalue weighted by Crippen LogP contribution is -2.02. The van der Waals surface area contributed by atoms with E-state index in [9.17, 15) is 0 Å². The molecule has 0 saturated carbocycles. The number of hydrogen-bond acceptors (Lipinski definition) is 8. The minimum Gasteiger partial charge on any atom is -0.493 e. The van der Waals surface area contributed by atoms with E-state index in [4.69, 9.17) is 13.9 Å². The van der Waals surface area contributed by atoms with Crippen LogP contribution >= 0.6 is 12.0 Å². The molecule has 0 aliphatic carbocycles. The van der Waals surface area contributed by atoms with Gasteiger partial charge in [0.25, 0.3) is 0 Å². The van der Waals surface area contributed by atoms with E-state index < -0.39 is 0 Å². The molecule has 0 unspecified atom stereocenters. The predicted octanol–water partition coefficient (Wildman–Crippen LogP) is 4.82. The van der Waals surface area contributed by atoms with E-state index in [1.54, 1.807) is 18.4 Å². The number of aromatic nitrogens is 1. The van der Waals surface area contributed by atoms with Crippen LogP contribution in [0.15, 0.2) is 64.2 Å². The SMILES string of the molecule is CSOON=COc1ccc(OCCc2nc(-c3ccccc3)oc2C)cc1. The highest BCUT2D eigenvalue weighted by Crippen LogP contribution is 2.22. The van der Waals surface area contributed by atoms with Crippen LogP contribution in [0.3, 0.4) is 0 Å². The molecule has 1 aromatic heterocycles. The molecule has 28 heavy (non-hydrogen) atoms. The summed E-state index contributed by atoms with van der Waals surface area (Å²) in [4.78, 5) is 9.01. The first-order chi connectivity index (χ1) is 13.8. The summed E-state index contributed by atoms with van der Waals surface area (Å²) in [6.45, 7) is 2.40. The Morgan fingerprint density at radius 3 is 2.57 bits per heavy atom. The van der Waals surface area contributed by atoms with Crippen LogP contribution in [0.4, 0.5) is 0 Å². The Hall–Kier alpha value is -2.97. The van der Waals surface area contributed by atoms with Crippen molar-refractivity contribution >= 4 is 18.4 Å². The summed E-state index contributed by atoms with van der Waals surface area (Å²) in [6, 6.07) is 17.0. The van der Waals surface area contributed by atoms with Gasteiger partial charge in [-0.2, -0.15) is 0 Å². The zero-order chi connectivity index (χ0) is 19.6. The van der Waals surface area contributed by atoms with Crippen molar-refractivity contribution < 1.29 is 23.2 Å². The zero-order valence-corrected chi connectivity index (χ0v) is 16.3. The molecule has 0 bridgehead atoms. The standard InChI is InChI=1S/C20H20N2O5S/c1-15-19(22-20(25-15)16-6-4-3-5-7-16)12-13-23-17-8-10-18(11-9-17)24-14-21-26-27-28-2/h3-11,14H,12-13H2,1-2H3. The van der Waals surface area contributed by atoms with E-state index in [2.05, 4.69) is 19.5 Å². The van der Waals surface area contributed by atoms with Crippen molar-refractivity contribution in [3.05, 3.63) is 66.1 Å². The summed E-state index contributed by atoms with van der Waals surface area (Å²) in [5.41, 5.74) is 1.85. The first-order valence-electron chi connectivity index (χ1n) is 8.56. The van der Waals surface area contributed by atoms with Crippen LogP contribution in [-0.4, -0.2) is 24.2 Å². The minimum absolute atomic E-state index is 0.489. The van der Waals surface area contributed by atoms with Crippen LogP contribution in [0.1, 0.15) is 11.5 Å². The molecular weight excluding hydrogens is 380 g/mol. The van der Waals surface area contributed by atoms with Crippen LogP contribution in [0.5, 0.6) is 11.5 Å². The second-order valence-corrected chi connectivity index (χ2v) is 6.07. The van der Waals surface area contributed by atoms with Crippen molar-refractivity contribution in [1.29, 1.82) is 0 Å². The largest absolute Gasteiger partial charge is 0.493 e. The molecule has 0 aliphatic rings. The van der Waals surface area contributed by atoms with Crippen LogP contribution in [0.25, 0.3) is 11.5 Å². The second-order valence-electron chi connectivity index (χ2n) is 5.60. The van der Waals surface area contributed by atoms with E-state index in [0.29, 0.717) is 24.7 Å². The normalized spacial score (nSPS) is 10.9. The highest BCUT2D eigenvalue weighted by Gasteiger charge is 2.11. The minimum atomic E-state index is 0.489. The van der Waals surface area contributed by atoms with Gasteiger partial charge in [0.1, 0.15) is 17.3 Å². The van der Waals surface area contributed by atoms with E-state index in [0.717, 1.165) is 41.2 Å². The summed E-state index contributed by atoms with van der Waals surface area (Å²) < 4.78 is 21.3. The molecule has 0 amide bonds. The van der Waals surface area contributed by atoms with Crippen LogP contribution < -0.4 is 9.47 Å². The number of aryl methyl sites for hydroxylation is 1. The summed E-state index contributed by atoms with van der Waals surface area (Å²) in [5, 5.41) is 3.46. The van der Waals surface area contributed by atoms with E-state index in [1.165, 1.54) is 0 Å². The number of oxime groups is 1. The Morgan fingerprint density at radius 2 is 1.82 bits per heavy atom. The Labute approximate surface area is 167 Å². The molecule has 146 valence electrons. The van der Waals surface area contributed by atoms with Crippen LogP contribution in [0, 0.1) is 6.92 Å². The lowest BCUT2D eigenvalue weighted by atomic mass is 10.2. The van der Waals surface area contributed by atoms with Crippen molar-refractivity contribution in [2.75, 3.05) is 12.9 Å². The zero-order valence-electron chi connectivity index (χ0n) is 15.5. The Morgan fingerprint density at radius 1 is 1.07 bits per heavy atom. The maximum Gasteiger partial charge on any atom is 0.226 e. The molecule has 0 spiro atoms. The molecule has 8 heteroatoms. The van der Waals surface area contributed by atoms with Crippen molar-refractivity contribution in [1.82, 2.24) is 4.98 Å². The van der Waals surface area contributed by atoms with Gasteiger partial charge in [0, 0.05) is 30.3 Å². The summed E-state index contributed by atoms with van der Waals surface area (Å²) in [5.74, 6) is 2.76. The van der Waals surface area contributed by atoms with Crippen molar-refractivity contribution in [2.45, 2.75) is 13.3 Å². The van der Waals surface area contributed by atoms with Gasteiger partial charge in [-0.15, -0.1) is 0 Å². The number of oxazole rings is 1. The smallest absolute Gasteiger partial charge is 0.226 e. The number of hydrogen-bond donors (Lipinski definition) is 0. The fourth-order valence-corrected chi connectivity index (χ4v) is 2.49. The van der Waals surface area contributed by atoms with Crippen LogP contribution in [-0.2, 0) is 15.7 Å². The molecule has 0 N–H and O–H groups in total. The molecule has 2 aromatic carbocycles. The molecule has 0 fully saturated rings. The molecule has 3 rings (SSSR count). The Kier molecular flexibility index (Phi) is 7.34. The monoisotopic (exact) mass is 400 g/mol. The second kappa shape index (κ2) is 10.4. The van der Waals surface area contributed by atoms with E-state index in [-0.39, 0.29) is 0 Å². The maximum atomic E-state index is 5.77. The van der Waals surface area contributed by atoms with E-state index in [1.807, 2.05) is 49.4 Å². The summed E-state index contributed by atoms with van der Waals surface area (Å²) in [6.07, 6.45) is 3.50. The van der Waals surface area contributed by atoms with Gasteiger partial charge in [0.2, 0.25) is 12.3 Å². The van der Waals surface area contributed by atoms with Gasteiger partial charge in [-0.3, -0.25) is 0 Å². The average molecular weight is 400 g/mol. The third-order valence-corrected chi connectivity index (χ3v) is 3.91. The summed E-state index contributed by atoms with van der Waals surface area (Å²) >= 11 is 1.04. The van der Waals surface area contributed by atoms with Crippen LogP contribution in [0.2, 0.25) is 0 Å². The summed E-state index contributed by atoms with van der Waals surface area (Å²) in [7, 11) is 0. The van der Waals surface area contributed by atoms with Gasteiger partial charge in [-0.1, -0.05) is 22.5 Å². The topological polar surface area (TPSA) is 75.3 Å². The molecule has 0 atom stereocenters. The molecule has 1 heterocycles. The van der Waals surface area contributed by atoms with E-state index >= 15 is 0 Å². The average Bonchev–Trinajstić information content (AvgIpc) is 3.10. The third-order valence-electron chi connectivity index (χ3n) is 3.72. The lowest BCUT2D eigenvalue weighted by Gasteiger charge is -2.06. The van der Waals surface area contributed by atoms with Gasteiger partial charge < -0.3 is 13.9 Å². The molecule has 0 saturated heterocycles. The van der Waals surface area contributed by atoms with Crippen molar-refractivity contribution in [3.63, 3.8) is 0 Å². The Bertz CT molecular complexity index is 881. The highest BCUT2D eigenvalue weighted by molar-refractivity contribution is 7.93. The lowest BCUT2D eigenvalue weighted by molar-refractivity contribution is -0.190. The Balaban J connectivity index is 1.47. The van der Waals surface area contributed by atoms with Gasteiger partial charge in [0.15, 0.2) is 0 Å². The fraction of sp³-hybridized carbons (Fsp3) is 0.200. The molecule has 7 nitrogen and oxygen atoms in total. The van der Waals surface area contributed by atoms with Gasteiger partial charge in [-0.25, -0.2) is 9.97 Å². The third kappa shape index (κ3) is 5.77. The molecule has 3 aromatic rings. The highest BCUT2D eigenvalue weighted by atomic mass is 32.2. The number of benzene rings is 2. The molecular formula is C20H20N2O5S. The van der Waals surface area contributed by atoms with Gasteiger partial charge in [0.05, 0.1) is 12.3 Å². The van der Waals surface area contributed by atoms with Gasteiger partial charge >= 0.3 is 0 Å². The first-order valence-corrected chi connectivity index (χ1v) is 9.71.